The highest BCUT2D eigenvalue weighted by atomic mass is 16.3. The molecule has 3 saturated heterocycles. The number of likely N-dealkylation sites (tertiary alicyclic amines) is 3. The largest absolute Gasteiger partial charge is 0.394 e. The van der Waals surface area contributed by atoms with E-state index in [9.17, 15) is 14.7 Å². The second-order valence-corrected chi connectivity index (χ2v) is 6.79. The minimum Gasteiger partial charge on any atom is -0.394 e. The Kier molecular flexibility index (Phi) is 4.98. The van der Waals surface area contributed by atoms with E-state index in [1.165, 1.54) is 12.8 Å². The zero-order valence-electron chi connectivity index (χ0n) is 13.2. The molecule has 124 valence electrons. The molecule has 3 atom stereocenters. The van der Waals surface area contributed by atoms with Crippen LogP contribution in [0.15, 0.2) is 0 Å². The summed E-state index contributed by atoms with van der Waals surface area (Å²) in [4.78, 5) is 30.2. The molecule has 6 nitrogen and oxygen atoms in total. The van der Waals surface area contributed by atoms with Gasteiger partial charge in [-0.25, -0.2) is 0 Å². The standard InChI is InChI=1S/C16H27N3O3/c20-11-14-4-3-8-19(14)16(22)15-10-13(5-9-18(15)12-21)17-6-1-2-7-17/h12-15,20H,1-11H2. The van der Waals surface area contributed by atoms with E-state index in [1.807, 2.05) is 0 Å². The first kappa shape index (κ1) is 15.7. The van der Waals surface area contributed by atoms with Crippen molar-refractivity contribution in [3.8, 4) is 0 Å². The molecule has 2 amide bonds. The molecule has 3 heterocycles. The van der Waals surface area contributed by atoms with Gasteiger partial charge in [-0.1, -0.05) is 0 Å². The molecule has 22 heavy (non-hydrogen) atoms. The van der Waals surface area contributed by atoms with Crippen molar-refractivity contribution >= 4 is 12.3 Å². The third-order valence-corrected chi connectivity index (χ3v) is 5.56. The Morgan fingerprint density at radius 1 is 1.09 bits per heavy atom. The maximum Gasteiger partial charge on any atom is 0.245 e. The maximum absolute atomic E-state index is 12.9. The highest BCUT2D eigenvalue weighted by molar-refractivity contribution is 5.84. The van der Waals surface area contributed by atoms with Crippen LogP contribution in [0.5, 0.6) is 0 Å². The first-order chi connectivity index (χ1) is 10.7. The van der Waals surface area contributed by atoms with Crippen molar-refractivity contribution in [2.24, 2.45) is 0 Å². The molecule has 0 aromatic rings. The molecule has 3 unspecified atom stereocenters. The lowest BCUT2D eigenvalue weighted by Gasteiger charge is -2.41. The van der Waals surface area contributed by atoms with Gasteiger partial charge < -0.3 is 19.8 Å². The molecule has 0 aromatic heterocycles. The number of rotatable bonds is 4. The maximum atomic E-state index is 12.9. The summed E-state index contributed by atoms with van der Waals surface area (Å²) < 4.78 is 0. The van der Waals surface area contributed by atoms with Crippen LogP contribution in [0.1, 0.15) is 38.5 Å². The predicted octanol–water partition coefficient (Wildman–Crippen LogP) is 0.0549. The van der Waals surface area contributed by atoms with Crippen LogP contribution in [0, 0.1) is 0 Å². The van der Waals surface area contributed by atoms with Gasteiger partial charge in [-0.05, 0) is 51.6 Å². The van der Waals surface area contributed by atoms with Crippen LogP contribution in [0.2, 0.25) is 0 Å². The summed E-state index contributed by atoms with van der Waals surface area (Å²) in [6.45, 7) is 3.64. The van der Waals surface area contributed by atoms with Crippen LogP contribution in [0.25, 0.3) is 0 Å². The van der Waals surface area contributed by atoms with Crippen LogP contribution in [0.4, 0.5) is 0 Å². The SMILES string of the molecule is O=CN1CCC(N2CCCC2)CC1C(=O)N1CCCC1CO. The van der Waals surface area contributed by atoms with E-state index < -0.39 is 0 Å². The van der Waals surface area contributed by atoms with Gasteiger partial charge in [0.25, 0.3) is 0 Å². The van der Waals surface area contributed by atoms with Gasteiger partial charge in [-0.3, -0.25) is 9.59 Å². The number of nitrogens with zero attached hydrogens (tertiary/aromatic N) is 3. The second-order valence-electron chi connectivity index (χ2n) is 6.79. The first-order valence-electron chi connectivity index (χ1n) is 8.61. The summed E-state index contributed by atoms with van der Waals surface area (Å²) in [5, 5.41) is 9.45. The van der Waals surface area contributed by atoms with Crippen molar-refractivity contribution in [3.05, 3.63) is 0 Å². The normalized spacial score (nSPS) is 33.4. The molecule has 0 saturated carbocycles. The van der Waals surface area contributed by atoms with Gasteiger partial charge >= 0.3 is 0 Å². The zero-order chi connectivity index (χ0) is 15.5. The lowest BCUT2D eigenvalue weighted by atomic mass is 9.95. The molecule has 1 N–H and O–H groups in total. The second kappa shape index (κ2) is 6.96. The van der Waals surface area contributed by atoms with Crippen molar-refractivity contribution < 1.29 is 14.7 Å². The molecule has 3 aliphatic heterocycles. The molecular weight excluding hydrogens is 282 g/mol. The average molecular weight is 309 g/mol. The topological polar surface area (TPSA) is 64.1 Å². The van der Waals surface area contributed by atoms with E-state index in [2.05, 4.69) is 4.90 Å². The molecule has 3 fully saturated rings. The van der Waals surface area contributed by atoms with E-state index >= 15 is 0 Å². The highest BCUT2D eigenvalue weighted by Gasteiger charge is 2.40. The zero-order valence-corrected chi connectivity index (χ0v) is 13.2. The Bertz CT molecular complexity index is 411. The summed E-state index contributed by atoms with van der Waals surface area (Å²) in [5.74, 6) is 0.0348. The van der Waals surface area contributed by atoms with Gasteiger partial charge in [0.15, 0.2) is 0 Å². The Morgan fingerprint density at radius 2 is 1.86 bits per heavy atom. The predicted molar refractivity (Wildman–Crippen MR) is 82.2 cm³/mol. The Balaban J connectivity index is 1.70. The lowest BCUT2D eigenvalue weighted by Crippen LogP contribution is -2.56. The molecule has 0 aromatic carbocycles. The number of carbonyl (C=O) groups is 2. The summed E-state index contributed by atoms with van der Waals surface area (Å²) >= 11 is 0. The number of hydrogen-bond donors (Lipinski definition) is 1. The monoisotopic (exact) mass is 309 g/mol. The van der Waals surface area contributed by atoms with E-state index in [1.54, 1.807) is 9.80 Å². The van der Waals surface area contributed by atoms with Crippen molar-refractivity contribution in [2.75, 3.05) is 32.8 Å². The van der Waals surface area contributed by atoms with Crippen LogP contribution in [-0.2, 0) is 9.59 Å². The van der Waals surface area contributed by atoms with Crippen molar-refractivity contribution in [2.45, 2.75) is 56.7 Å². The van der Waals surface area contributed by atoms with Gasteiger partial charge in [-0.15, -0.1) is 0 Å². The average Bonchev–Trinajstić information content (AvgIpc) is 3.24. The molecule has 6 heteroatoms. The van der Waals surface area contributed by atoms with E-state index in [0.717, 1.165) is 45.2 Å². The number of aliphatic hydroxyl groups is 1. The van der Waals surface area contributed by atoms with Gasteiger partial charge in [0, 0.05) is 19.1 Å². The summed E-state index contributed by atoms with van der Waals surface area (Å²) in [5.41, 5.74) is 0. The molecular formula is C16H27N3O3. The highest BCUT2D eigenvalue weighted by Crippen LogP contribution is 2.27. The van der Waals surface area contributed by atoms with Crippen molar-refractivity contribution in [1.29, 1.82) is 0 Å². The van der Waals surface area contributed by atoms with Gasteiger partial charge in [0.1, 0.15) is 6.04 Å². The molecule has 0 aliphatic carbocycles. The van der Waals surface area contributed by atoms with Gasteiger partial charge in [0.2, 0.25) is 12.3 Å². The van der Waals surface area contributed by atoms with Crippen LogP contribution < -0.4 is 0 Å². The van der Waals surface area contributed by atoms with E-state index in [0.29, 0.717) is 19.1 Å². The molecule has 3 rings (SSSR count). The van der Waals surface area contributed by atoms with Crippen molar-refractivity contribution in [3.63, 3.8) is 0 Å². The molecule has 0 radical (unpaired) electrons. The molecule has 3 aliphatic rings. The first-order valence-corrected chi connectivity index (χ1v) is 8.61. The lowest BCUT2D eigenvalue weighted by molar-refractivity contribution is -0.145. The fourth-order valence-electron chi connectivity index (χ4n) is 4.28. The minimum atomic E-state index is -0.344. The Labute approximate surface area is 132 Å². The molecule has 0 spiro atoms. The van der Waals surface area contributed by atoms with Crippen LogP contribution >= 0.6 is 0 Å². The van der Waals surface area contributed by atoms with E-state index in [4.69, 9.17) is 0 Å². The number of amides is 2. The number of piperidine rings is 1. The molecule has 0 bridgehead atoms. The summed E-state index contributed by atoms with van der Waals surface area (Å²) in [6.07, 6.45) is 6.83. The smallest absolute Gasteiger partial charge is 0.245 e. The number of carbonyl (C=O) groups excluding carboxylic acids is 2. The fraction of sp³-hybridized carbons (Fsp3) is 0.875. The van der Waals surface area contributed by atoms with Crippen LogP contribution in [0.3, 0.4) is 0 Å². The van der Waals surface area contributed by atoms with Crippen LogP contribution in [-0.4, -0.2) is 83.0 Å². The Hall–Kier alpha value is -1.14. The quantitative estimate of drug-likeness (QED) is 0.746. The summed E-state index contributed by atoms with van der Waals surface area (Å²) in [7, 11) is 0. The van der Waals surface area contributed by atoms with Gasteiger partial charge in [-0.2, -0.15) is 0 Å². The third-order valence-electron chi connectivity index (χ3n) is 5.56. The van der Waals surface area contributed by atoms with E-state index in [-0.39, 0.29) is 24.6 Å². The fourth-order valence-corrected chi connectivity index (χ4v) is 4.28. The number of aliphatic hydroxyl groups excluding tert-OH is 1. The Morgan fingerprint density at radius 3 is 2.55 bits per heavy atom. The van der Waals surface area contributed by atoms with Gasteiger partial charge in [0.05, 0.1) is 12.6 Å². The van der Waals surface area contributed by atoms with Crippen molar-refractivity contribution in [1.82, 2.24) is 14.7 Å². The third kappa shape index (κ3) is 2.99. The number of hydrogen-bond acceptors (Lipinski definition) is 4. The minimum absolute atomic E-state index is 0.0229. The summed E-state index contributed by atoms with van der Waals surface area (Å²) in [6, 6.07) is 0.0139.